The molecular formula is C24H28BO2. The first-order valence-corrected chi connectivity index (χ1v) is 9.42. The molecule has 1 N–H and O–H groups in total. The summed E-state index contributed by atoms with van der Waals surface area (Å²) in [6, 6.07) is 19.1. The van der Waals surface area contributed by atoms with Crippen molar-refractivity contribution in [2.75, 3.05) is 0 Å². The fourth-order valence-electron chi connectivity index (χ4n) is 3.34. The molecule has 1 radical (unpaired) electrons. The molecule has 3 rings (SSSR count). The Labute approximate surface area is 163 Å². The molecule has 0 bridgehead atoms. The van der Waals surface area contributed by atoms with Crippen molar-refractivity contribution in [2.45, 2.75) is 52.4 Å². The zero-order chi connectivity index (χ0) is 19.8. The minimum atomic E-state index is -0.0214. The molecule has 0 fully saturated rings. The lowest BCUT2D eigenvalue weighted by molar-refractivity contribution is 0.455. The van der Waals surface area contributed by atoms with Gasteiger partial charge in [-0.2, -0.15) is 0 Å². The molecule has 0 aliphatic carbocycles. The number of benzene rings is 3. The Morgan fingerprint density at radius 1 is 0.778 bits per heavy atom. The number of rotatable bonds is 3. The van der Waals surface area contributed by atoms with Gasteiger partial charge in [0.15, 0.2) is 0 Å². The second-order valence-corrected chi connectivity index (χ2v) is 9.19. The zero-order valence-corrected chi connectivity index (χ0v) is 17.1. The van der Waals surface area contributed by atoms with E-state index in [0.717, 1.165) is 29.6 Å². The van der Waals surface area contributed by atoms with Crippen LogP contribution in [-0.4, -0.2) is 12.7 Å². The molecule has 0 spiro atoms. The lowest BCUT2D eigenvalue weighted by Gasteiger charge is -2.25. The molecule has 3 aromatic carbocycles. The van der Waals surface area contributed by atoms with E-state index in [9.17, 15) is 5.02 Å². The fourth-order valence-corrected chi connectivity index (χ4v) is 3.34. The zero-order valence-electron chi connectivity index (χ0n) is 17.1. The van der Waals surface area contributed by atoms with E-state index in [-0.39, 0.29) is 10.8 Å². The van der Waals surface area contributed by atoms with E-state index >= 15 is 0 Å². The third kappa shape index (κ3) is 4.04. The smallest absolute Gasteiger partial charge is 0.537 e. The molecule has 0 heterocycles. The number of hydrogen-bond donors (Lipinski definition) is 1. The van der Waals surface area contributed by atoms with Gasteiger partial charge in [-0.1, -0.05) is 84.0 Å². The minimum Gasteiger partial charge on any atom is -0.537 e. The van der Waals surface area contributed by atoms with Gasteiger partial charge in [0.25, 0.3) is 0 Å². The van der Waals surface area contributed by atoms with Crippen LogP contribution < -0.4 is 4.65 Å². The van der Waals surface area contributed by atoms with Crippen LogP contribution in [-0.2, 0) is 10.8 Å². The van der Waals surface area contributed by atoms with Crippen LogP contribution in [0.5, 0.6) is 5.75 Å². The quantitative estimate of drug-likeness (QED) is 0.581. The number of fused-ring (bicyclic) bond motifs is 1. The van der Waals surface area contributed by atoms with E-state index in [4.69, 9.17) is 4.65 Å². The monoisotopic (exact) mass is 359 g/mol. The van der Waals surface area contributed by atoms with Crippen molar-refractivity contribution in [3.63, 3.8) is 0 Å². The molecule has 0 aromatic heterocycles. The van der Waals surface area contributed by atoms with Crippen LogP contribution in [0.4, 0.5) is 0 Å². The van der Waals surface area contributed by atoms with E-state index in [1.165, 1.54) is 11.1 Å². The first kappa shape index (κ1) is 19.5. The lowest BCUT2D eigenvalue weighted by atomic mass is 9.80. The molecule has 0 unspecified atom stereocenters. The summed E-state index contributed by atoms with van der Waals surface area (Å²) in [5, 5.41) is 11.5. The molecule has 0 atom stereocenters. The van der Waals surface area contributed by atoms with Crippen LogP contribution in [0.1, 0.15) is 52.7 Å². The van der Waals surface area contributed by atoms with Gasteiger partial charge in [-0.05, 0) is 50.6 Å². The summed E-state index contributed by atoms with van der Waals surface area (Å²) in [5.74, 6) is 0.680. The highest BCUT2D eigenvalue weighted by Crippen LogP contribution is 2.41. The van der Waals surface area contributed by atoms with Gasteiger partial charge in [0.1, 0.15) is 5.75 Å². The highest BCUT2D eigenvalue weighted by atomic mass is 16.5. The average Bonchev–Trinajstić information content (AvgIpc) is 2.60. The van der Waals surface area contributed by atoms with Crippen LogP contribution in [0.2, 0.25) is 0 Å². The highest BCUT2D eigenvalue weighted by molar-refractivity contribution is 6.18. The Hall–Kier alpha value is -2.26. The summed E-state index contributed by atoms with van der Waals surface area (Å²) >= 11 is 0. The molecule has 139 valence electrons. The van der Waals surface area contributed by atoms with E-state index < -0.39 is 0 Å². The van der Waals surface area contributed by atoms with E-state index in [1.54, 1.807) is 0 Å². The summed E-state index contributed by atoms with van der Waals surface area (Å²) in [6.45, 7) is 13.3. The predicted octanol–water partition coefficient (Wildman–Crippen LogP) is 6.01. The Morgan fingerprint density at radius 3 is 1.85 bits per heavy atom. The molecule has 0 saturated carbocycles. The molecule has 0 aliphatic heterocycles. The molecule has 2 nitrogen and oxygen atoms in total. The van der Waals surface area contributed by atoms with Crippen LogP contribution in [0.3, 0.4) is 0 Å². The predicted molar refractivity (Wildman–Crippen MR) is 115 cm³/mol. The van der Waals surface area contributed by atoms with Crippen LogP contribution in [0.25, 0.3) is 21.9 Å². The van der Waals surface area contributed by atoms with Gasteiger partial charge in [0, 0.05) is 5.39 Å². The molecule has 3 heteroatoms. The van der Waals surface area contributed by atoms with Gasteiger partial charge in [-0.15, -0.1) is 0 Å². The van der Waals surface area contributed by atoms with Gasteiger partial charge >= 0.3 is 7.69 Å². The van der Waals surface area contributed by atoms with Crippen molar-refractivity contribution in [1.82, 2.24) is 0 Å². The summed E-state index contributed by atoms with van der Waals surface area (Å²) in [7, 11) is 0.771. The summed E-state index contributed by atoms with van der Waals surface area (Å²) in [4.78, 5) is 0. The van der Waals surface area contributed by atoms with Gasteiger partial charge < -0.3 is 9.68 Å². The second kappa shape index (κ2) is 7.05. The summed E-state index contributed by atoms with van der Waals surface area (Å²) in [6.07, 6.45) is 0. The van der Waals surface area contributed by atoms with Crippen LogP contribution in [0.15, 0.2) is 54.6 Å². The maximum Gasteiger partial charge on any atom is 0.569 e. The van der Waals surface area contributed by atoms with E-state index in [1.807, 2.05) is 24.3 Å². The Morgan fingerprint density at radius 2 is 1.33 bits per heavy atom. The Bertz CT molecular complexity index is 943. The van der Waals surface area contributed by atoms with Crippen molar-refractivity contribution in [2.24, 2.45) is 0 Å². The first-order chi connectivity index (χ1) is 12.6. The Kier molecular flexibility index (Phi) is 5.09. The van der Waals surface area contributed by atoms with Crippen molar-refractivity contribution in [3.8, 4) is 16.9 Å². The van der Waals surface area contributed by atoms with Gasteiger partial charge in [0.05, 0.1) is 0 Å². The standard InChI is InChI=1S/C24H28BO2/c1-23(2,3)18-12-17-13-19(24(4,5)6)15-21(27-25-26)22(17)20(14-18)16-10-8-7-9-11-16/h7-15,26H,1-6H3. The first-order valence-electron chi connectivity index (χ1n) is 9.42. The van der Waals surface area contributed by atoms with Crippen molar-refractivity contribution >= 4 is 18.5 Å². The van der Waals surface area contributed by atoms with Crippen LogP contribution in [0, 0.1) is 0 Å². The van der Waals surface area contributed by atoms with Gasteiger partial charge in [-0.25, -0.2) is 0 Å². The third-order valence-corrected chi connectivity index (χ3v) is 5.01. The normalized spacial score (nSPS) is 12.3. The summed E-state index contributed by atoms with van der Waals surface area (Å²) in [5.41, 5.74) is 4.72. The highest BCUT2D eigenvalue weighted by Gasteiger charge is 2.22. The van der Waals surface area contributed by atoms with Crippen molar-refractivity contribution < 1.29 is 9.68 Å². The van der Waals surface area contributed by atoms with E-state index in [2.05, 4.69) is 71.9 Å². The van der Waals surface area contributed by atoms with Crippen molar-refractivity contribution in [1.29, 1.82) is 0 Å². The fraction of sp³-hybridized carbons (Fsp3) is 0.333. The average molecular weight is 359 g/mol. The van der Waals surface area contributed by atoms with Gasteiger partial charge in [0.2, 0.25) is 0 Å². The molecule has 3 aromatic rings. The molecule has 27 heavy (non-hydrogen) atoms. The number of hydrogen-bond acceptors (Lipinski definition) is 2. The van der Waals surface area contributed by atoms with Gasteiger partial charge in [-0.3, -0.25) is 0 Å². The molecule has 0 amide bonds. The van der Waals surface area contributed by atoms with Crippen LogP contribution >= 0.6 is 0 Å². The maximum atomic E-state index is 9.37. The SMILES string of the molecule is CC(C)(C)c1cc(O[B]O)c2c(-c3ccccc3)cc(C(C)(C)C)cc2c1. The lowest BCUT2D eigenvalue weighted by Crippen LogP contribution is -2.14. The summed E-state index contributed by atoms with van der Waals surface area (Å²) < 4.78 is 5.57. The van der Waals surface area contributed by atoms with E-state index in [0.29, 0.717) is 5.75 Å². The largest absolute Gasteiger partial charge is 0.569 e. The molecule has 0 aliphatic rings. The minimum absolute atomic E-state index is 0.0214. The topological polar surface area (TPSA) is 29.5 Å². The molecular weight excluding hydrogens is 331 g/mol. The Balaban J connectivity index is 2.44. The third-order valence-electron chi connectivity index (χ3n) is 5.01. The van der Waals surface area contributed by atoms with Crippen molar-refractivity contribution in [3.05, 3.63) is 65.7 Å². The second-order valence-electron chi connectivity index (χ2n) is 9.19. The molecule has 0 saturated heterocycles. The maximum absolute atomic E-state index is 9.37.